The summed E-state index contributed by atoms with van der Waals surface area (Å²) in [4.78, 5) is 25.7. The maximum absolute atomic E-state index is 12.9. The van der Waals surface area contributed by atoms with Crippen LogP contribution < -0.4 is 10.7 Å². The number of nitrogens with one attached hydrogen (secondary N) is 1. The van der Waals surface area contributed by atoms with Gasteiger partial charge in [0.1, 0.15) is 11.5 Å². The van der Waals surface area contributed by atoms with Crippen molar-refractivity contribution in [3.05, 3.63) is 99.7 Å². The van der Waals surface area contributed by atoms with Crippen molar-refractivity contribution in [3.63, 3.8) is 0 Å². The topological polar surface area (TPSA) is 79.5 Å². The largest absolute Gasteiger partial charge is 0.508 e. The Balaban J connectivity index is 1.65. The molecule has 1 amide bonds. The first-order valence-corrected chi connectivity index (χ1v) is 9.72. The highest BCUT2D eigenvalue weighted by Gasteiger charge is 2.18. The smallest absolute Gasteiger partial charge is 0.255 e. The third kappa shape index (κ3) is 3.82. The molecule has 0 aliphatic rings. The molecule has 0 saturated carbocycles. The molecular weight excluding hydrogens is 378 g/mol. The Labute approximate surface area is 173 Å². The molecule has 5 nitrogen and oxygen atoms in total. The van der Waals surface area contributed by atoms with E-state index in [2.05, 4.69) is 5.32 Å². The molecule has 5 heteroatoms. The van der Waals surface area contributed by atoms with E-state index in [9.17, 15) is 14.7 Å². The van der Waals surface area contributed by atoms with Gasteiger partial charge in [-0.2, -0.15) is 0 Å². The van der Waals surface area contributed by atoms with E-state index in [1.54, 1.807) is 37.3 Å². The Hall–Kier alpha value is -3.86. The molecule has 30 heavy (non-hydrogen) atoms. The van der Waals surface area contributed by atoms with Gasteiger partial charge in [-0.15, -0.1) is 0 Å². The van der Waals surface area contributed by atoms with E-state index in [-0.39, 0.29) is 22.7 Å². The fourth-order valence-corrected chi connectivity index (χ4v) is 3.43. The van der Waals surface area contributed by atoms with Gasteiger partial charge in [0.15, 0.2) is 11.0 Å². The standard InChI is InChI=1S/C25H21NO4/c1-16-22(28)20-8-5-9-21(24(20)30-23(16)18-6-3-2-4-7-18)25(29)26-15-14-17-10-12-19(27)13-11-17/h2-13,27H,14-15H2,1H3,(H,26,29). The number of amides is 1. The summed E-state index contributed by atoms with van der Waals surface area (Å²) < 4.78 is 6.10. The average molecular weight is 399 g/mol. The lowest BCUT2D eigenvalue weighted by Gasteiger charge is -2.11. The van der Waals surface area contributed by atoms with Crippen molar-refractivity contribution in [2.45, 2.75) is 13.3 Å². The summed E-state index contributed by atoms with van der Waals surface area (Å²) in [6, 6.07) is 21.3. The van der Waals surface area contributed by atoms with Crippen LogP contribution in [-0.4, -0.2) is 17.6 Å². The molecule has 0 aliphatic heterocycles. The van der Waals surface area contributed by atoms with E-state index >= 15 is 0 Å². The Morgan fingerprint density at radius 1 is 0.967 bits per heavy atom. The monoisotopic (exact) mass is 399 g/mol. The predicted molar refractivity (Wildman–Crippen MR) is 117 cm³/mol. The minimum atomic E-state index is -0.301. The normalized spacial score (nSPS) is 10.8. The molecule has 0 radical (unpaired) electrons. The number of carbonyl (C=O) groups is 1. The highest BCUT2D eigenvalue weighted by molar-refractivity contribution is 6.05. The molecule has 0 bridgehead atoms. The lowest BCUT2D eigenvalue weighted by molar-refractivity contribution is 0.0955. The molecule has 2 N–H and O–H groups in total. The van der Waals surface area contributed by atoms with Gasteiger partial charge in [0, 0.05) is 17.7 Å². The van der Waals surface area contributed by atoms with Crippen LogP contribution in [0.1, 0.15) is 21.5 Å². The van der Waals surface area contributed by atoms with Crippen molar-refractivity contribution < 1.29 is 14.3 Å². The molecule has 3 aromatic carbocycles. The van der Waals surface area contributed by atoms with Crippen molar-refractivity contribution in [3.8, 4) is 17.1 Å². The summed E-state index contributed by atoms with van der Waals surface area (Å²) in [6.07, 6.45) is 0.620. The summed E-state index contributed by atoms with van der Waals surface area (Å²) in [5.74, 6) is 0.376. The molecule has 1 heterocycles. The molecule has 4 aromatic rings. The van der Waals surface area contributed by atoms with Crippen LogP contribution in [-0.2, 0) is 6.42 Å². The molecule has 4 rings (SSSR count). The van der Waals surface area contributed by atoms with Crippen LogP contribution in [0.4, 0.5) is 0 Å². The fraction of sp³-hybridized carbons (Fsp3) is 0.120. The number of aromatic hydroxyl groups is 1. The first-order valence-electron chi connectivity index (χ1n) is 9.72. The van der Waals surface area contributed by atoms with Crippen LogP contribution in [0.2, 0.25) is 0 Å². The minimum Gasteiger partial charge on any atom is -0.508 e. The van der Waals surface area contributed by atoms with Crippen LogP contribution in [0.25, 0.3) is 22.3 Å². The minimum absolute atomic E-state index is 0.145. The van der Waals surface area contributed by atoms with Crippen LogP contribution in [0.3, 0.4) is 0 Å². The molecule has 1 aromatic heterocycles. The van der Waals surface area contributed by atoms with Gasteiger partial charge >= 0.3 is 0 Å². The van der Waals surface area contributed by atoms with E-state index in [1.165, 1.54) is 0 Å². The molecule has 0 aliphatic carbocycles. The molecule has 0 unspecified atom stereocenters. The van der Waals surface area contributed by atoms with E-state index in [0.29, 0.717) is 35.2 Å². The van der Waals surface area contributed by atoms with Gasteiger partial charge in [0.2, 0.25) is 0 Å². The highest BCUT2D eigenvalue weighted by atomic mass is 16.3. The quantitative estimate of drug-likeness (QED) is 0.520. The van der Waals surface area contributed by atoms with Crippen LogP contribution in [0.5, 0.6) is 5.75 Å². The summed E-state index contributed by atoms with van der Waals surface area (Å²) in [5, 5.41) is 12.6. The number of carbonyl (C=O) groups excluding carboxylic acids is 1. The van der Waals surface area contributed by atoms with Crippen molar-refractivity contribution in [2.24, 2.45) is 0 Å². The van der Waals surface area contributed by atoms with E-state index in [0.717, 1.165) is 11.1 Å². The molecule has 0 atom stereocenters. The number of hydrogen-bond donors (Lipinski definition) is 2. The van der Waals surface area contributed by atoms with Crippen molar-refractivity contribution in [2.75, 3.05) is 6.54 Å². The third-order valence-corrected chi connectivity index (χ3v) is 5.06. The van der Waals surface area contributed by atoms with Gasteiger partial charge in [0.25, 0.3) is 5.91 Å². The molecule has 0 saturated heterocycles. The van der Waals surface area contributed by atoms with Gasteiger partial charge in [-0.1, -0.05) is 48.5 Å². The number of phenols is 1. The molecular formula is C25H21NO4. The Morgan fingerprint density at radius 2 is 1.70 bits per heavy atom. The maximum Gasteiger partial charge on any atom is 0.255 e. The zero-order valence-electron chi connectivity index (χ0n) is 16.5. The van der Waals surface area contributed by atoms with E-state index in [1.807, 2.05) is 42.5 Å². The maximum atomic E-state index is 12.9. The number of fused-ring (bicyclic) bond motifs is 1. The summed E-state index contributed by atoms with van der Waals surface area (Å²) in [7, 11) is 0. The summed E-state index contributed by atoms with van der Waals surface area (Å²) in [5.41, 5.74) is 2.77. The summed E-state index contributed by atoms with van der Waals surface area (Å²) in [6.45, 7) is 2.15. The number of hydrogen-bond acceptors (Lipinski definition) is 4. The fourth-order valence-electron chi connectivity index (χ4n) is 3.43. The zero-order chi connectivity index (χ0) is 21.1. The Morgan fingerprint density at radius 3 is 2.43 bits per heavy atom. The first kappa shape index (κ1) is 19.5. The zero-order valence-corrected chi connectivity index (χ0v) is 16.5. The number of phenolic OH excluding ortho intramolecular Hbond substituents is 1. The molecule has 0 spiro atoms. The molecule has 0 fully saturated rings. The SMILES string of the molecule is Cc1c(-c2ccccc2)oc2c(C(=O)NCCc3ccc(O)cc3)cccc2c1=O. The van der Waals surface area contributed by atoms with Crippen LogP contribution in [0.15, 0.2) is 82.0 Å². The second-order valence-electron chi connectivity index (χ2n) is 7.11. The van der Waals surface area contributed by atoms with Gasteiger partial charge in [-0.3, -0.25) is 9.59 Å². The number of benzene rings is 3. The first-order chi connectivity index (χ1) is 14.5. The van der Waals surface area contributed by atoms with Crippen molar-refractivity contribution in [1.82, 2.24) is 5.32 Å². The number of para-hydroxylation sites is 1. The predicted octanol–water partition coefficient (Wildman–Crippen LogP) is 4.45. The van der Waals surface area contributed by atoms with Crippen LogP contribution >= 0.6 is 0 Å². The van der Waals surface area contributed by atoms with Gasteiger partial charge in [-0.25, -0.2) is 0 Å². The van der Waals surface area contributed by atoms with Gasteiger partial charge in [0.05, 0.1) is 10.9 Å². The second kappa shape index (κ2) is 8.25. The Kier molecular flexibility index (Phi) is 5.35. The van der Waals surface area contributed by atoms with Crippen molar-refractivity contribution in [1.29, 1.82) is 0 Å². The van der Waals surface area contributed by atoms with E-state index < -0.39 is 0 Å². The van der Waals surface area contributed by atoms with E-state index in [4.69, 9.17) is 4.42 Å². The molecule has 150 valence electrons. The van der Waals surface area contributed by atoms with Crippen molar-refractivity contribution >= 4 is 16.9 Å². The summed E-state index contributed by atoms with van der Waals surface area (Å²) >= 11 is 0. The lowest BCUT2D eigenvalue weighted by Crippen LogP contribution is -2.26. The Bertz CT molecular complexity index is 1260. The highest BCUT2D eigenvalue weighted by Crippen LogP contribution is 2.27. The number of rotatable bonds is 5. The van der Waals surface area contributed by atoms with Gasteiger partial charge < -0.3 is 14.8 Å². The second-order valence-corrected chi connectivity index (χ2v) is 7.11. The third-order valence-electron chi connectivity index (χ3n) is 5.06. The average Bonchev–Trinajstić information content (AvgIpc) is 2.77. The van der Waals surface area contributed by atoms with Gasteiger partial charge in [-0.05, 0) is 43.2 Å². The lowest BCUT2D eigenvalue weighted by atomic mass is 10.0. The van der Waals surface area contributed by atoms with Crippen LogP contribution in [0, 0.1) is 6.92 Å².